The molecule has 7 nitrogen and oxygen atoms in total. The van der Waals surface area contributed by atoms with Gasteiger partial charge in [0.2, 0.25) is 0 Å². The van der Waals surface area contributed by atoms with Crippen molar-refractivity contribution in [1.82, 2.24) is 9.78 Å². The van der Waals surface area contributed by atoms with Gasteiger partial charge in [-0.1, -0.05) is 0 Å². The Morgan fingerprint density at radius 3 is 2.52 bits per heavy atom. The van der Waals surface area contributed by atoms with E-state index in [0.717, 1.165) is 4.68 Å². The number of aromatic nitrogens is 2. The molecule has 112 valence electrons. The summed E-state index contributed by atoms with van der Waals surface area (Å²) in [5.74, 6) is -0.345. The van der Waals surface area contributed by atoms with E-state index in [1.807, 2.05) is 0 Å². The van der Waals surface area contributed by atoms with E-state index in [-0.39, 0.29) is 5.82 Å². The molecule has 0 amide bonds. The zero-order valence-electron chi connectivity index (χ0n) is 12.3. The van der Waals surface area contributed by atoms with Crippen LogP contribution < -0.4 is 5.73 Å². The molecule has 0 atom stereocenters. The normalized spacial score (nSPS) is 11.4. The van der Waals surface area contributed by atoms with E-state index in [0.29, 0.717) is 16.5 Å². The number of ether oxygens (including phenoxy) is 2. The standard InChI is InChI=1S/C14H17N3O4/c1-14(2,3)21-13(19)17-10-6-5-8(12(18)20-4)7-9(10)11(15)16-17/h5-7H,1-4H3,(H2,15,16). The van der Waals surface area contributed by atoms with Crippen LogP contribution in [0, 0.1) is 0 Å². The molecule has 0 saturated carbocycles. The van der Waals surface area contributed by atoms with Gasteiger partial charge in [-0.15, -0.1) is 5.10 Å². The van der Waals surface area contributed by atoms with Crippen molar-refractivity contribution in [2.75, 3.05) is 12.8 Å². The van der Waals surface area contributed by atoms with Crippen LogP contribution in [-0.4, -0.2) is 34.6 Å². The number of fused-ring (bicyclic) bond motifs is 1. The SMILES string of the molecule is COC(=O)c1ccc2c(c1)c(N)nn2C(=O)OC(C)(C)C. The zero-order chi connectivity index (χ0) is 15.8. The highest BCUT2D eigenvalue weighted by atomic mass is 16.6. The first-order valence-electron chi connectivity index (χ1n) is 6.33. The monoisotopic (exact) mass is 291 g/mol. The van der Waals surface area contributed by atoms with Crippen molar-refractivity contribution >= 4 is 28.8 Å². The molecular formula is C14H17N3O4. The van der Waals surface area contributed by atoms with Crippen molar-refractivity contribution in [1.29, 1.82) is 0 Å². The van der Waals surface area contributed by atoms with Crippen LogP contribution >= 0.6 is 0 Å². The molecule has 0 bridgehead atoms. The van der Waals surface area contributed by atoms with Crippen LogP contribution in [0.25, 0.3) is 10.9 Å². The average molecular weight is 291 g/mol. The molecule has 7 heteroatoms. The summed E-state index contributed by atoms with van der Waals surface area (Å²) in [5, 5.41) is 4.46. The van der Waals surface area contributed by atoms with Gasteiger partial charge in [-0.3, -0.25) is 0 Å². The summed E-state index contributed by atoms with van der Waals surface area (Å²) in [4.78, 5) is 23.6. The Morgan fingerprint density at radius 2 is 1.95 bits per heavy atom. The Labute approximate surface area is 121 Å². The van der Waals surface area contributed by atoms with Crippen molar-refractivity contribution in [2.45, 2.75) is 26.4 Å². The lowest BCUT2D eigenvalue weighted by atomic mass is 10.1. The van der Waals surface area contributed by atoms with Crippen LogP contribution in [0.1, 0.15) is 31.1 Å². The number of nitrogen functional groups attached to an aromatic ring is 1. The summed E-state index contributed by atoms with van der Waals surface area (Å²) in [5.41, 5.74) is 5.96. The van der Waals surface area contributed by atoms with Gasteiger partial charge in [0.25, 0.3) is 0 Å². The van der Waals surface area contributed by atoms with Crippen molar-refractivity contribution in [3.63, 3.8) is 0 Å². The lowest BCUT2D eigenvalue weighted by molar-refractivity contribution is 0.0522. The number of carbonyl (C=O) groups is 2. The maximum absolute atomic E-state index is 12.1. The highest BCUT2D eigenvalue weighted by molar-refractivity contribution is 6.00. The minimum Gasteiger partial charge on any atom is -0.465 e. The molecule has 1 heterocycles. The van der Waals surface area contributed by atoms with Crippen LogP contribution in [-0.2, 0) is 9.47 Å². The highest BCUT2D eigenvalue weighted by Gasteiger charge is 2.22. The molecule has 2 rings (SSSR count). The molecule has 0 unspecified atom stereocenters. The first-order chi connectivity index (χ1) is 9.73. The Bertz CT molecular complexity index is 713. The number of nitrogens with zero attached hydrogens (tertiary/aromatic N) is 2. The van der Waals surface area contributed by atoms with E-state index < -0.39 is 17.7 Å². The van der Waals surface area contributed by atoms with Gasteiger partial charge < -0.3 is 15.2 Å². The Hall–Kier alpha value is -2.57. The molecule has 0 aliphatic carbocycles. The van der Waals surface area contributed by atoms with Crippen LogP contribution in [0.15, 0.2) is 18.2 Å². The van der Waals surface area contributed by atoms with Crippen molar-refractivity contribution in [3.8, 4) is 0 Å². The van der Waals surface area contributed by atoms with Crippen LogP contribution in [0.2, 0.25) is 0 Å². The van der Waals surface area contributed by atoms with Crippen molar-refractivity contribution < 1.29 is 19.1 Å². The van der Waals surface area contributed by atoms with Crippen LogP contribution in [0.3, 0.4) is 0 Å². The smallest absolute Gasteiger partial charge is 0.435 e. The Balaban J connectivity index is 2.49. The van der Waals surface area contributed by atoms with Crippen LogP contribution in [0.5, 0.6) is 0 Å². The molecule has 0 aliphatic heterocycles. The Kier molecular flexibility index (Phi) is 3.59. The summed E-state index contributed by atoms with van der Waals surface area (Å²) < 4.78 is 11.0. The molecule has 2 aromatic rings. The van der Waals surface area contributed by atoms with Gasteiger partial charge in [-0.2, -0.15) is 4.68 Å². The third-order valence-electron chi connectivity index (χ3n) is 2.70. The summed E-state index contributed by atoms with van der Waals surface area (Å²) in [6.45, 7) is 5.28. The molecule has 0 radical (unpaired) electrons. The maximum atomic E-state index is 12.1. The Morgan fingerprint density at radius 1 is 1.29 bits per heavy atom. The third kappa shape index (κ3) is 2.96. The van der Waals surface area contributed by atoms with Gasteiger partial charge >= 0.3 is 12.1 Å². The molecule has 21 heavy (non-hydrogen) atoms. The number of benzene rings is 1. The largest absolute Gasteiger partial charge is 0.465 e. The summed E-state index contributed by atoms with van der Waals surface area (Å²) in [6.07, 6.45) is -0.630. The number of anilines is 1. The van der Waals surface area contributed by atoms with Gasteiger partial charge in [0.15, 0.2) is 5.82 Å². The number of esters is 1. The van der Waals surface area contributed by atoms with E-state index in [1.165, 1.54) is 19.2 Å². The minimum atomic E-state index is -0.643. The van der Waals surface area contributed by atoms with E-state index in [1.54, 1.807) is 26.8 Å². The summed E-state index contributed by atoms with van der Waals surface area (Å²) >= 11 is 0. The second-order valence-corrected chi connectivity index (χ2v) is 5.50. The fourth-order valence-electron chi connectivity index (χ4n) is 1.83. The third-order valence-corrected chi connectivity index (χ3v) is 2.70. The number of hydrogen-bond acceptors (Lipinski definition) is 6. The zero-order valence-corrected chi connectivity index (χ0v) is 12.3. The molecule has 0 aliphatic rings. The predicted octanol–water partition coefficient (Wildman–Crippen LogP) is 2.19. The number of carbonyl (C=O) groups excluding carboxylic acids is 2. The van der Waals surface area contributed by atoms with E-state index in [4.69, 9.17) is 10.5 Å². The average Bonchev–Trinajstić information content (AvgIpc) is 2.73. The predicted molar refractivity (Wildman–Crippen MR) is 77.1 cm³/mol. The fraction of sp³-hybridized carbons (Fsp3) is 0.357. The maximum Gasteiger partial charge on any atom is 0.435 e. The number of methoxy groups -OCH3 is 1. The molecular weight excluding hydrogens is 274 g/mol. The topological polar surface area (TPSA) is 96.4 Å². The fourth-order valence-corrected chi connectivity index (χ4v) is 1.83. The van der Waals surface area contributed by atoms with Gasteiger partial charge in [0.1, 0.15) is 5.60 Å². The van der Waals surface area contributed by atoms with Crippen molar-refractivity contribution in [3.05, 3.63) is 23.8 Å². The molecule has 0 saturated heterocycles. The lowest BCUT2D eigenvalue weighted by Gasteiger charge is -2.19. The van der Waals surface area contributed by atoms with Crippen molar-refractivity contribution in [2.24, 2.45) is 0 Å². The molecule has 2 N–H and O–H groups in total. The lowest BCUT2D eigenvalue weighted by Crippen LogP contribution is -2.27. The van der Waals surface area contributed by atoms with Gasteiger partial charge in [-0.05, 0) is 39.0 Å². The first kappa shape index (κ1) is 14.8. The summed E-state index contributed by atoms with van der Waals surface area (Å²) in [7, 11) is 1.29. The number of hydrogen-bond donors (Lipinski definition) is 1. The number of rotatable bonds is 1. The second-order valence-electron chi connectivity index (χ2n) is 5.50. The first-order valence-corrected chi connectivity index (χ1v) is 6.33. The van der Waals surface area contributed by atoms with E-state index in [2.05, 4.69) is 9.84 Å². The second kappa shape index (κ2) is 5.08. The van der Waals surface area contributed by atoms with Gasteiger partial charge in [-0.25, -0.2) is 9.59 Å². The summed E-state index contributed by atoms with van der Waals surface area (Å²) in [6, 6.07) is 4.65. The van der Waals surface area contributed by atoms with E-state index >= 15 is 0 Å². The van der Waals surface area contributed by atoms with E-state index in [9.17, 15) is 9.59 Å². The molecule has 1 aromatic carbocycles. The number of nitrogens with two attached hydrogens (primary N) is 1. The molecule has 0 spiro atoms. The van der Waals surface area contributed by atoms with Crippen LogP contribution in [0.4, 0.5) is 10.6 Å². The van der Waals surface area contributed by atoms with Gasteiger partial charge in [0, 0.05) is 5.39 Å². The quantitative estimate of drug-likeness (QED) is 0.809. The highest BCUT2D eigenvalue weighted by Crippen LogP contribution is 2.23. The molecule has 1 aromatic heterocycles. The molecule has 0 fully saturated rings. The minimum absolute atomic E-state index is 0.140. The van der Waals surface area contributed by atoms with Gasteiger partial charge in [0.05, 0.1) is 18.2 Å².